The van der Waals surface area contributed by atoms with Gasteiger partial charge in [0, 0.05) is 10.3 Å². The molecule has 1 N–H and O–H groups in total. The Morgan fingerprint density at radius 2 is 1.71 bits per heavy atom. The van der Waals surface area contributed by atoms with E-state index in [-0.39, 0.29) is 12.4 Å². The van der Waals surface area contributed by atoms with Gasteiger partial charge in [0.05, 0.1) is 0 Å². The summed E-state index contributed by atoms with van der Waals surface area (Å²) < 4.78 is 0.396. The SMILES string of the molecule is CNC12CC3CC(CC(S)(C3)C1)C2.Cl. The third-order valence-electron chi connectivity index (χ3n) is 4.56. The van der Waals surface area contributed by atoms with E-state index in [0.717, 1.165) is 11.8 Å². The van der Waals surface area contributed by atoms with Gasteiger partial charge in [-0.3, -0.25) is 0 Å². The lowest BCUT2D eigenvalue weighted by atomic mass is 9.52. The lowest BCUT2D eigenvalue weighted by Crippen LogP contribution is -2.62. The molecule has 3 heteroatoms. The summed E-state index contributed by atoms with van der Waals surface area (Å²) in [5.41, 5.74) is 0.478. The van der Waals surface area contributed by atoms with E-state index < -0.39 is 0 Å². The Bertz CT molecular complexity index is 229. The Hall–Kier alpha value is 0.600. The van der Waals surface area contributed by atoms with Crippen LogP contribution in [-0.4, -0.2) is 17.3 Å². The Labute approximate surface area is 98.2 Å². The molecule has 4 aliphatic rings. The van der Waals surface area contributed by atoms with E-state index in [0.29, 0.717) is 10.3 Å². The smallest absolute Gasteiger partial charge is 0.0197 e. The summed E-state index contributed by atoms with van der Waals surface area (Å²) in [7, 11) is 2.14. The number of nitrogens with one attached hydrogen (secondary N) is 1. The lowest BCUT2D eigenvalue weighted by Gasteiger charge is -2.60. The molecule has 0 amide bonds. The van der Waals surface area contributed by atoms with Crippen LogP contribution in [0, 0.1) is 11.8 Å². The summed E-state index contributed by atoms with van der Waals surface area (Å²) in [5, 5.41) is 3.59. The van der Waals surface area contributed by atoms with Gasteiger partial charge in [-0.1, -0.05) is 0 Å². The Balaban J connectivity index is 0.000000750. The molecule has 2 atom stereocenters. The summed E-state index contributed by atoms with van der Waals surface area (Å²) in [5.74, 6) is 1.96. The Kier molecular flexibility index (Phi) is 2.61. The van der Waals surface area contributed by atoms with Crippen LogP contribution < -0.4 is 5.32 Å². The van der Waals surface area contributed by atoms with Crippen molar-refractivity contribution in [3.8, 4) is 0 Å². The van der Waals surface area contributed by atoms with Crippen LogP contribution >= 0.6 is 25.0 Å². The lowest BCUT2D eigenvalue weighted by molar-refractivity contribution is 0.00130. The number of hydrogen-bond donors (Lipinski definition) is 2. The topological polar surface area (TPSA) is 12.0 Å². The maximum atomic E-state index is 4.92. The molecule has 0 saturated heterocycles. The number of rotatable bonds is 1. The first-order valence-electron chi connectivity index (χ1n) is 5.54. The highest BCUT2D eigenvalue weighted by Gasteiger charge is 2.55. The Morgan fingerprint density at radius 1 is 1.14 bits per heavy atom. The van der Waals surface area contributed by atoms with Crippen molar-refractivity contribution in [2.24, 2.45) is 11.8 Å². The summed E-state index contributed by atoms with van der Waals surface area (Å²) in [6.07, 6.45) is 8.41. The van der Waals surface area contributed by atoms with Gasteiger partial charge >= 0.3 is 0 Å². The molecule has 0 aromatic rings. The van der Waals surface area contributed by atoms with Crippen molar-refractivity contribution in [1.29, 1.82) is 0 Å². The average Bonchev–Trinajstić information content (AvgIpc) is 1.99. The maximum absolute atomic E-state index is 4.92. The molecular formula is C11H20ClNS. The molecule has 2 unspecified atom stereocenters. The maximum Gasteiger partial charge on any atom is 0.0197 e. The van der Waals surface area contributed by atoms with Gasteiger partial charge in [0.2, 0.25) is 0 Å². The van der Waals surface area contributed by atoms with Gasteiger partial charge in [0.15, 0.2) is 0 Å². The van der Waals surface area contributed by atoms with Crippen LogP contribution in [0.5, 0.6) is 0 Å². The zero-order valence-electron chi connectivity index (χ0n) is 8.75. The predicted octanol–water partition coefficient (Wildman–Crippen LogP) is 2.65. The molecule has 0 radical (unpaired) electrons. The zero-order chi connectivity index (χ0) is 9.10. The highest BCUT2D eigenvalue weighted by atomic mass is 35.5. The molecule has 4 fully saturated rings. The Morgan fingerprint density at radius 3 is 2.14 bits per heavy atom. The van der Waals surface area contributed by atoms with Crippen LogP contribution in [0.25, 0.3) is 0 Å². The van der Waals surface area contributed by atoms with Gasteiger partial charge in [0.25, 0.3) is 0 Å². The first-order valence-corrected chi connectivity index (χ1v) is 5.99. The summed E-state index contributed by atoms with van der Waals surface area (Å²) in [6.45, 7) is 0. The van der Waals surface area contributed by atoms with Crippen molar-refractivity contribution in [2.75, 3.05) is 7.05 Å². The van der Waals surface area contributed by atoms with Crippen molar-refractivity contribution in [2.45, 2.75) is 48.8 Å². The molecule has 0 heterocycles. The highest BCUT2D eigenvalue weighted by molar-refractivity contribution is 7.81. The van der Waals surface area contributed by atoms with Crippen molar-refractivity contribution in [1.82, 2.24) is 5.32 Å². The van der Waals surface area contributed by atoms with E-state index in [1.54, 1.807) is 0 Å². The van der Waals surface area contributed by atoms with E-state index in [2.05, 4.69) is 12.4 Å². The van der Waals surface area contributed by atoms with Crippen molar-refractivity contribution < 1.29 is 0 Å². The summed E-state index contributed by atoms with van der Waals surface area (Å²) in [6, 6.07) is 0. The van der Waals surface area contributed by atoms with Gasteiger partial charge in [-0.15, -0.1) is 12.4 Å². The molecular weight excluding hydrogens is 214 g/mol. The van der Waals surface area contributed by atoms with Crippen LogP contribution in [0.3, 0.4) is 0 Å². The van der Waals surface area contributed by atoms with Crippen LogP contribution in [-0.2, 0) is 0 Å². The zero-order valence-corrected chi connectivity index (χ0v) is 10.5. The van der Waals surface area contributed by atoms with E-state index in [1.807, 2.05) is 0 Å². The normalized spacial score (nSPS) is 54.4. The predicted molar refractivity (Wildman–Crippen MR) is 65.4 cm³/mol. The van der Waals surface area contributed by atoms with E-state index in [1.165, 1.54) is 38.5 Å². The highest BCUT2D eigenvalue weighted by Crippen LogP contribution is 2.59. The van der Waals surface area contributed by atoms with Crippen molar-refractivity contribution in [3.05, 3.63) is 0 Å². The molecule has 4 aliphatic carbocycles. The second-order valence-electron chi connectivity index (χ2n) is 5.72. The second kappa shape index (κ2) is 3.29. The molecule has 0 spiro atoms. The number of hydrogen-bond acceptors (Lipinski definition) is 2. The van der Waals surface area contributed by atoms with Crippen LogP contribution in [0.4, 0.5) is 0 Å². The van der Waals surface area contributed by atoms with E-state index in [4.69, 9.17) is 12.6 Å². The molecule has 1 nitrogen and oxygen atoms in total. The van der Waals surface area contributed by atoms with Gasteiger partial charge in [0.1, 0.15) is 0 Å². The number of thiol groups is 1. The van der Waals surface area contributed by atoms with Crippen LogP contribution in [0.1, 0.15) is 38.5 Å². The summed E-state index contributed by atoms with van der Waals surface area (Å²) >= 11 is 4.92. The standard InChI is InChI=1S/C11H19NS.ClH/c1-12-10-3-8-2-9(4-10)6-11(13,5-8)7-10;/h8-9,12-13H,2-7H2,1H3;1H. The molecule has 4 rings (SSSR count). The molecule has 82 valence electrons. The fraction of sp³-hybridized carbons (Fsp3) is 1.00. The molecule has 0 aromatic heterocycles. The average molecular weight is 234 g/mol. The first kappa shape index (κ1) is 11.1. The molecule has 4 saturated carbocycles. The minimum Gasteiger partial charge on any atom is -0.314 e. The van der Waals surface area contributed by atoms with E-state index in [9.17, 15) is 0 Å². The van der Waals surface area contributed by atoms with Gasteiger partial charge in [-0.2, -0.15) is 12.6 Å². The van der Waals surface area contributed by atoms with Gasteiger partial charge < -0.3 is 5.32 Å². The minimum atomic E-state index is 0. The van der Waals surface area contributed by atoms with Crippen LogP contribution in [0.2, 0.25) is 0 Å². The molecule has 14 heavy (non-hydrogen) atoms. The van der Waals surface area contributed by atoms with Gasteiger partial charge in [-0.05, 0) is 57.4 Å². The van der Waals surface area contributed by atoms with Crippen molar-refractivity contribution in [3.63, 3.8) is 0 Å². The van der Waals surface area contributed by atoms with Crippen molar-refractivity contribution >= 4 is 25.0 Å². The second-order valence-corrected chi connectivity index (χ2v) is 6.66. The molecule has 4 bridgehead atoms. The quantitative estimate of drug-likeness (QED) is 0.664. The largest absolute Gasteiger partial charge is 0.314 e. The minimum absolute atomic E-state index is 0. The third-order valence-corrected chi connectivity index (χ3v) is 5.08. The number of halogens is 1. The summed E-state index contributed by atoms with van der Waals surface area (Å²) in [4.78, 5) is 0. The fourth-order valence-corrected chi connectivity index (χ4v) is 5.33. The fourth-order valence-electron chi connectivity index (χ4n) is 4.51. The first-order chi connectivity index (χ1) is 6.13. The monoisotopic (exact) mass is 233 g/mol. The third kappa shape index (κ3) is 1.50. The van der Waals surface area contributed by atoms with E-state index >= 15 is 0 Å². The molecule has 0 aromatic carbocycles. The van der Waals surface area contributed by atoms with Gasteiger partial charge in [-0.25, -0.2) is 0 Å². The molecule has 0 aliphatic heterocycles. The van der Waals surface area contributed by atoms with Crippen LogP contribution in [0.15, 0.2) is 0 Å².